The average Bonchev–Trinajstić information content (AvgIpc) is 2.63. The van der Waals surface area contributed by atoms with Crippen molar-refractivity contribution in [1.29, 1.82) is 0 Å². The Labute approximate surface area is 167 Å². The highest BCUT2D eigenvalue weighted by Gasteiger charge is 2.31. The number of ether oxygens (including phenoxy) is 3. The standard InChI is InChI=1S/C18H13Cl2F3O5/c1-9(16(24)26-2)27-17(25)12-8-11(4-5-13(12)19)28-15-6-3-10(7-14(15)20)18(21,22)23/h3-9H,1-2H3/t9-/m1/s1. The maximum Gasteiger partial charge on any atom is 0.416 e. The second kappa shape index (κ2) is 8.70. The summed E-state index contributed by atoms with van der Waals surface area (Å²) in [7, 11) is 1.14. The van der Waals surface area contributed by atoms with Crippen LogP contribution in [0.4, 0.5) is 13.2 Å². The fraction of sp³-hybridized carbons (Fsp3) is 0.222. The van der Waals surface area contributed by atoms with Gasteiger partial charge in [0.1, 0.15) is 11.5 Å². The second-order valence-corrected chi connectivity index (χ2v) is 6.27. The van der Waals surface area contributed by atoms with Crippen molar-refractivity contribution in [3.05, 3.63) is 57.6 Å². The van der Waals surface area contributed by atoms with E-state index in [1.807, 2.05) is 0 Å². The minimum Gasteiger partial charge on any atom is -0.466 e. The monoisotopic (exact) mass is 436 g/mol. The lowest BCUT2D eigenvalue weighted by Crippen LogP contribution is -2.25. The molecule has 0 saturated heterocycles. The highest BCUT2D eigenvalue weighted by atomic mass is 35.5. The van der Waals surface area contributed by atoms with Gasteiger partial charge >= 0.3 is 18.1 Å². The van der Waals surface area contributed by atoms with Gasteiger partial charge in [0, 0.05) is 0 Å². The highest BCUT2D eigenvalue weighted by Crippen LogP contribution is 2.37. The summed E-state index contributed by atoms with van der Waals surface area (Å²) in [4.78, 5) is 23.6. The molecule has 150 valence electrons. The summed E-state index contributed by atoms with van der Waals surface area (Å²) in [6.07, 6.45) is -5.71. The fourth-order valence-electron chi connectivity index (χ4n) is 2.05. The zero-order valence-corrected chi connectivity index (χ0v) is 16.0. The van der Waals surface area contributed by atoms with E-state index in [1.54, 1.807) is 0 Å². The van der Waals surface area contributed by atoms with Gasteiger partial charge in [0.05, 0.1) is 28.3 Å². The molecule has 2 aromatic rings. The summed E-state index contributed by atoms with van der Waals surface area (Å²) < 4.78 is 52.9. The molecule has 5 nitrogen and oxygen atoms in total. The van der Waals surface area contributed by atoms with Gasteiger partial charge in [-0.1, -0.05) is 23.2 Å². The largest absolute Gasteiger partial charge is 0.466 e. The van der Waals surface area contributed by atoms with Gasteiger partial charge in [-0.25, -0.2) is 9.59 Å². The van der Waals surface area contributed by atoms with Gasteiger partial charge in [0.15, 0.2) is 6.10 Å². The van der Waals surface area contributed by atoms with Crippen molar-refractivity contribution >= 4 is 35.1 Å². The van der Waals surface area contributed by atoms with Gasteiger partial charge in [-0.2, -0.15) is 13.2 Å². The van der Waals surface area contributed by atoms with Crippen LogP contribution in [0.2, 0.25) is 10.0 Å². The van der Waals surface area contributed by atoms with Gasteiger partial charge in [0.2, 0.25) is 0 Å². The molecule has 0 aromatic heterocycles. The number of hydrogen-bond acceptors (Lipinski definition) is 5. The van der Waals surface area contributed by atoms with Crippen molar-refractivity contribution in [2.75, 3.05) is 7.11 Å². The Hall–Kier alpha value is -2.45. The van der Waals surface area contributed by atoms with Crippen molar-refractivity contribution in [2.24, 2.45) is 0 Å². The van der Waals surface area contributed by atoms with Crippen molar-refractivity contribution in [3.8, 4) is 11.5 Å². The smallest absolute Gasteiger partial charge is 0.416 e. The van der Waals surface area contributed by atoms with Crippen molar-refractivity contribution in [3.63, 3.8) is 0 Å². The number of methoxy groups -OCH3 is 1. The highest BCUT2D eigenvalue weighted by molar-refractivity contribution is 6.33. The number of rotatable bonds is 5. The van der Waals surface area contributed by atoms with Crippen LogP contribution in [0.3, 0.4) is 0 Å². The van der Waals surface area contributed by atoms with E-state index in [0.29, 0.717) is 0 Å². The summed E-state index contributed by atoms with van der Waals surface area (Å²) >= 11 is 11.8. The number of benzene rings is 2. The van der Waals surface area contributed by atoms with Crippen LogP contribution in [0, 0.1) is 0 Å². The van der Waals surface area contributed by atoms with Crippen LogP contribution < -0.4 is 4.74 Å². The Morgan fingerprint density at radius 3 is 2.29 bits per heavy atom. The molecule has 10 heteroatoms. The summed E-state index contributed by atoms with van der Waals surface area (Å²) in [5, 5.41) is -0.249. The van der Waals surface area contributed by atoms with E-state index in [0.717, 1.165) is 25.3 Å². The van der Waals surface area contributed by atoms with Crippen LogP contribution in [0.5, 0.6) is 11.5 Å². The van der Waals surface area contributed by atoms with E-state index in [4.69, 9.17) is 32.7 Å². The Bertz CT molecular complexity index is 899. The average molecular weight is 437 g/mol. The minimum atomic E-state index is -4.55. The van der Waals surface area contributed by atoms with Crippen LogP contribution in [0.1, 0.15) is 22.8 Å². The predicted molar refractivity (Wildman–Crippen MR) is 94.9 cm³/mol. The number of carbonyl (C=O) groups is 2. The Morgan fingerprint density at radius 2 is 1.71 bits per heavy atom. The van der Waals surface area contributed by atoms with Gasteiger partial charge in [-0.05, 0) is 43.3 Å². The van der Waals surface area contributed by atoms with E-state index in [9.17, 15) is 22.8 Å². The molecule has 0 fully saturated rings. The van der Waals surface area contributed by atoms with E-state index >= 15 is 0 Å². The third kappa shape index (κ3) is 5.30. The van der Waals surface area contributed by atoms with Crippen molar-refractivity contribution < 1.29 is 37.0 Å². The van der Waals surface area contributed by atoms with Crippen molar-refractivity contribution in [1.82, 2.24) is 0 Å². The molecule has 1 atom stereocenters. The van der Waals surface area contributed by atoms with E-state index in [1.165, 1.54) is 25.1 Å². The molecule has 0 radical (unpaired) electrons. The molecular weight excluding hydrogens is 424 g/mol. The summed E-state index contributed by atoms with van der Waals surface area (Å²) in [5.41, 5.74) is -1.04. The summed E-state index contributed by atoms with van der Waals surface area (Å²) in [6, 6.07) is 6.51. The Balaban J connectivity index is 2.24. The molecule has 0 spiro atoms. The zero-order chi connectivity index (χ0) is 21.1. The third-order valence-corrected chi connectivity index (χ3v) is 4.09. The lowest BCUT2D eigenvalue weighted by atomic mass is 10.2. The molecule has 2 aromatic carbocycles. The molecule has 0 saturated carbocycles. The van der Waals surface area contributed by atoms with Crippen LogP contribution in [-0.2, 0) is 20.4 Å². The molecule has 0 heterocycles. The lowest BCUT2D eigenvalue weighted by molar-refractivity contribution is -0.149. The van der Waals surface area contributed by atoms with E-state index in [-0.39, 0.29) is 27.1 Å². The van der Waals surface area contributed by atoms with Crippen LogP contribution >= 0.6 is 23.2 Å². The number of alkyl halides is 3. The number of hydrogen-bond donors (Lipinski definition) is 0. The quantitative estimate of drug-likeness (QED) is 0.577. The molecule has 28 heavy (non-hydrogen) atoms. The van der Waals surface area contributed by atoms with Crippen LogP contribution in [0.25, 0.3) is 0 Å². The van der Waals surface area contributed by atoms with Gasteiger partial charge in [-0.15, -0.1) is 0 Å². The van der Waals surface area contributed by atoms with Gasteiger partial charge in [0.25, 0.3) is 0 Å². The Kier molecular flexibility index (Phi) is 6.79. The van der Waals surface area contributed by atoms with Gasteiger partial charge in [-0.3, -0.25) is 0 Å². The SMILES string of the molecule is COC(=O)[C@@H](C)OC(=O)c1cc(Oc2ccc(C(F)(F)F)cc2Cl)ccc1Cl. The molecule has 0 unspecified atom stereocenters. The molecule has 2 rings (SSSR count). The van der Waals surface area contributed by atoms with Crippen LogP contribution in [0.15, 0.2) is 36.4 Å². The maximum atomic E-state index is 12.7. The first kappa shape index (κ1) is 21.8. The summed E-state index contributed by atoms with van der Waals surface area (Å²) in [6.45, 7) is 1.32. The first-order valence-corrected chi connectivity index (χ1v) is 8.41. The molecule has 0 amide bonds. The van der Waals surface area contributed by atoms with E-state index in [2.05, 4.69) is 4.74 Å². The second-order valence-electron chi connectivity index (χ2n) is 5.46. The lowest BCUT2D eigenvalue weighted by Gasteiger charge is -2.14. The maximum absolute atomic E-state index is 12.7. The first-order valence-electron chi connectivity index (χ1n) is 7.66. The molecule has 0 bridgehead atoms. The molecule has 0 aliphatic rings. The number of halogens is 5. The number of esters is 2. The summed E-state index contributed by atoms with van der Waals surface area (Å²) in [5.74, 6) is -1.65. The van der Waals surface area contributed by atoms with Gasteiger partial charge < -0.3 is 14.2 Å². The Morgan fingerprint density at radius 1 is 1.04 bits per heavy atom. The molecular formula is C18H13Cl2F3O5. The fourth-order valence-corrected chi connectivity index (χ4v) is 2.46. The molecule has 0 N–H and O–H groups in total. The number of carbonyl (C=O) groups excluding carboxylic acids is 2. The zero-order valence-electron chi connectivity index (χ0n) is 14.5. The minimum absolute atomic E-state index is 0.0212. The third-order valence-electron chi connectivity index (χ3n) is 3.46. The molecule has 0 aliphatic carbocycles. The first-order chi connectivity index (χ1) is 13.0. The predicted octanol–water partition coefficient (Wildman–Crippen LogP) is 5.52. The topological polar surface area (TPSA) is 61.8 Å². The van der Waals surface area contributed by atoms with Crippen LogP contribution in [-0.4, -0.2) is 25.2 Å². The van der Waals surface area contributed by atoms with Crippen molar-refractivity contribution in [2.45, 2.75) is 19.2 Å². The van der Waals surface area contributed by atoms with E-state index < -0.39 is 29.8 Å². The normalized spacial score (nSPS) is 12.2. The molecule has 0 aliphatic heterocycles.